The number of hydrogen-bond donors (Lipinski definition) is 2. The Hall–Kier alpha value is -1.86. The Morgan fingerprint density at radius 2 is 2.14 bits per heavy atom. The molecule has 112 valence electrons. The molecular weight excluding hydrogens is 283 g/mol. The summed E-state index contributed by atoms with van der Waals surface area (Å²) < 4.78 is 40.6. The predicted octanol–water partition coefficient (Wildman–Crippen LogP) is 2.16. The van der Waals surface area contributed by atoms with Crippen LogP contribution in [0.25, 0.3) is 11.3 Å². The topological polar surface area (TPSA) is 50.1 Å². The van der Waals surface area contributed by atoms with Gasteiger partial charge in [-0.1, -0.05) is 18.2 Å². The van der Waals surface area contributed by atoms with E-state index < -0.39 is 12.0 Å². The van der Waals surface area contributed by atoms with Crippen LogP contribution in [0.4, 0.5) is 13.2 Å². The van der Waals surface area contributed by atoms with Gasteiger partial charge in [0.25, 0.3) is 0 Å². The largest absolute Gasteiger partial charge is 0.449 e. The second kappa shape index (κ2) is 5.16. The van der Waals surface area contributed by atoms with Gasteiger partial charge < -0.3 is 15.0 Å². The van der Waals surface area contributed by atoms with Gasteiger partial charge in [-0.25, -0.2) is 4.98 Å². The van der Waals surface area contributed by atoms with E-state index in [4.69, 9.17) is 5.11 Å². The van der Waals surface area contributed by atoms with Gasteiger partial charge >= 0.3 is 6.18 Å². The fourth-order valence-electron chi connectivity index (χ4n) is 2.57. The van der Waals surface area contributed by atoms with Crippen LogP contribution in [0.15, 0.2) is 24.3 Å². The van der Waals surface area contributed by atoms with Gasteiger partial charge in [-0.2, -0.15) is 13.2 Å². The molecule has 0 unspecified atom stereocenters. The third-order valence-electron chi connectivity index (χ3n) is 3.51. The molecule has 4 nitrogen and oxygen atoms in total. The maximum atomic E-state index is 13.1. The SMILES string of the molecule is OCc1cccc(-c2nc(C(F)(F)F)n3c2CNCC3)c1. The van der Waals surface area contributed by atoms with Gasteiger partial charge in [0, 0.05) is 25.2 Å². The van der Waals surface area contributed by atoms with Gasteiger partial charge in [0.1, 0.15) is 0 Å². The van der Waals surface area contributed by atoms with Gasteiger partial charge in [-0.15, -0.1) is 0 Å². The minimum atomic E-state index is -4.47. The Morgan fingerprint density at radius 1 is 1.33 bits per heavy atom. The Morgan fingerprint density at radius 3 is 2.86 bits per heavy atom. The monoisotopic (exact) mass is 297 g/mol. The van der Waals surface area contributed by atoms with Crippen LogP contribution in [0.2, 0.25) is 0 Å². The third kappa shape index (κ3) is 2.54. The van der Waals surface area contributed by atoms with E-state index in [1.165, 1.54) is 4.57 Å². The predicted molar refractivity (Wildman–Crippen MR) is 70.3 cm³/mol. The zero-order chi connectivity index (χ0) is 15.0. The Labute approximate surface area is 119 Å². The van der Waals surface area contributed by atoms with Gasteiger partial charge in [0.2, 0.25) is 5.82 Å². The van der Waals surface area contributed by atoms with Crippen molar-refractivity contribution in [2.45, 2.75) is 25.9 Å². The number of aliphatic hydroxyl groups excluding tert-OH is 1. The second-order valence-electron chi connectivity index (χ2n) is 4.92. The zero-order valence-corrected chi connectivity index (χ0v) is 11.1. The van der Waals surface area contributed by atoms with Crippen molar-refractivity contribution < 1.29 is 18.3 Å². The Balaban J connectivity index is 2.16. The molecular formula is C14H14F3N3O. The molecule has 0 bridgehead atoms. The molecule has 1 aliphatic heterocycles. The Bertz CT molecular complexity index is 664. The van der Waals surface area contributed by atoms with Crippen LogP contribution >= 0.6 is 0 Å². The zero-order valence-electron chi connectivity index (χ0n) is 11.1. The van der Waals surface area contributed by atoms with Crippen LogP contribution in [0.5, 0.6) is 0 Å². The van der Waals surface area contributed by atoms with E-state index in [9.17, 15) is 13.2 Å². The molecule has 1 aliphatic rings. The minimum Gasteiger partial charge on any atom is -0.392 e. The average Bonchev–Trinajstić information content (AvgIpc) is 2.87. The fourth-order valence-corrected chi connectivity index (χ4v) is 2.57. The lowest BCUT2D eigenvalue weighted by atomic mass is 10.1. The van der Waals surface area contributed by atoms with E-state index in [0.29, 0.717) is 35.6 Å². The summed E-state index contributed by atoms with van der Waals surface area (Å²) in [5, 5.41) is 12.2. The van der Waals surface area contributed by atoms with Crippen LogP contribution in [0.1, 0.15) is 17.1 Å². The maximum absolute atomic E-state index is 13.1. The summed E-state index contributed by atoms with van der Waals surface area (Å²) in [6.07, 6.45) is -4.47. The van der Waals surface area contributed by atoms with Gasteiger partial charge in [0.05, 0.1) is 18.0 Å². The molecule has 2 aromatic rings. The normalized spacial score (nSPS) is 15.0. The summed E-state index contributed by atoms with van der Waals surface area (Å²) >= 11 is 0. The van der Waals surface area contributed by atoms with Gasteiger partial charge in [0.15, 0.2) is 0 Å². The van der Waals surface area contributed by atoms with Gasteiger partial charge in [-0.3, -0.25) is 0 Å². The molecule has 1 aromatic carbocycles. The van der Waals surface area contributed by atoms with E-state index in [1.807, 2.05) is 0 Å². The van der Waals surface area contributed by atoms with Crippen LogP contribution in [-0.2, 0) is 25.9 Å². The summed E-state index contributed by atoms with van der Waals surface area (Å²) in [5.41, 5.74) is 2.09. The molecule has 2 N–H and O–H groups in total. The van der Waals surface area contributed by atoms with Crippen LogP contribution in [0, 0.1) is 0 Å². The first-order chi connectivity index (χ1) is 10.0. The molecule has 0 saturated carbocycles. The lowest BCUT2D eigenvalue weighted by Crippen LogP contribution is -2.30. The van der Waals surface area contributed by atoms with Crippen molar-refractivity contribution >= 4 is 0 Å². The molecule has 3 rings (SSSR count). The quantitative estimate of drug-likeness (QED) is 0.893. The molecule has 7 heteroatoms. The molecule has 2 heterocycles. The summed E-state index contributed by atoms with van der Waals surface area (Å²) in [5.74, 6) is -0.858. The molecule has 1 aromatic heterocycles. The summed E-state index contributed by atoms with van der Waals surface area (Å²) in [6.45, 7) is 0.926. The number of rotatable bonds is 2. The van der Waals surface area contributed by atoms with Crippen LogP contribution in [-0.4, -0.2) is 21.2 Å². The standard InChI is InChI=1S/C14H14F3N3O/c15-14(16,17)13-19-12(11-7-18-4-5-20(11)13)10-3-1-2-9(6-10)8-21/h1-3,6,18,21H,4-5,7-8H2. The van der Waals surface area contributed by atoms with Crippen molar-refractivity contribution in [3.05, 3.63) is 41.3 Å². The summed E-state index contributed by atoms with van der Waals surface area (Å²) in [4.78, 5) is 3.83. The molecule has 0 fully saturated rings. The molecule has 0 aliphatic carbocycles. The highest BCUT2D eigenvalue weighted by atomic mass is 19.4. The minimum absolute atomic E-state index is 0.158. The molecule has 0 saturated heterocycles. The number of aliphatic hydroxyl groups is 1. The van der Waals surface area contributed by atoms with Crippen molar-refractivity contribution in [3.8, 4) is 11.3 Å². The van der Waals surface area contributed by atoms with Crippen LogP contribution < -0.4 is 5.32 Å². The molecule has 0 spiro atoms. The Kier molecular flexibility index (Phi) is 3.46. The number of nitrogens with zero attached hydrogens (tertiary/aromatic N) is 2. The van der Waals surface area contributed by atoms with E-state index in [2.05, 4.69) is 10.3 Å². The third-order valence-corrected chi connectivity index (χ3v) is 3.51. The number of hydrogen-bond acceptors (Lipinski definition) is 3. The first-order valence-corrected chi connectivity index (χ1v) is 6.58. The molecule has 0 radical (unpaired) electrons. The lowest BCUT2D eigenvalue weighted by Gasteiger charge is -2.19. The smallest absolute Gasteiger partial charge is 0.392 e. The van der Waals surface area contributed by atoms with E-state index in [-0.39, 0.29) is 13.2 Å². The lowest BCUT2D eigenvalue weighted by molar-refractivity contribution is -0.147. The number of aromatic nitrogens is 2. The summed E-state index contributed by atoms with van der Waals surface area (Å²) in [6, 6.07) is 6.79. The molecule has 0 amide bonds. The second-order valence-corrected chi connectivity index (χ2v) is 4.92. The number of nitrogens with one attached hydrogen (secondary N) is 1. The summed E-state index contributed by atoms with van der Waals surface area (Å²) in [7, 11) is 0. The molecule has 0 atom stereocenters. The number of halogens is 3. The number of alkyl halides is 3. The average molecular weight is 297 g/mol. The molecule has 21 heavy (non-hydrogen) atoms. The fraction of sp³-hybridized carbons (Fsp3) is 0.357. The maximum Gasteiger partial charge on any atom is 0.449 e. The number of benzene rings is 1. The van der Waals surface area contributed by atoms with E-state index in [0.717, 1.165) is 0 Å². The van der Waals surface area contributed by atoms with Gasteiger partial charge in [-0.05, 0) is 11.6 Å². The first kappa shape index (κ1) is 14.1. The van der Waals surface area contributed by atoms with Crippen molar-refractivity contribution in [1.82, 2.24) is 14.9 Å². The van der Waals surface area contributed by atoms with E-state index in [1.54, 1.807) is 24.3 Å². The van der Waals surface area contributed by atoms with Crippen molar-refractivity contribution in [2.75, 3.05) is 6.54 Å². The highest BCUT2D eigenvalue weighted by Gasteiger charge is 2.39. The highest BCUT2D eigenvalue weighted by molar-refractivity contribution is 5.63. The van der Waals surface area contributed by atoms with Crippen molar-refractivity contribution in [1.29, 1.82) is 0 Å². The van der Waals surface area contributed by atoms with E-state index >= 15 is 0 Å². The highest BCUT2D eigenvalue weighted by Crippen LogP contribution is 2.34. The first-order valence-electron chi connectivity index (χ1n) is 6.58. The van der Waals surface area contributed by atoms with Crippen molar-refractivity contribution in [3.63, 3.8) is 0 Å². The number of imidazole rings is 1. The number of fused-ring (bicyclic) bond motifs is 1. The van der Waals surface area contributed by atoms with Crippen LogP contribution in [0.3, 0.4) is 0 Å². The van der Waals surface area contributed by atoms with Crippen molar-refractivity contribution in [2.24, 2.45) is 0 Å².